The standard InChI is InChI=1S/C13H23NO4/c1-8-10(17-8)9-7-16-13(5,6)14(9)11(15)18-12(2,3)4/h8-10H,7H2,1-6H3/t8-,9-,10-/m0/s1. The Bertz CT molecular complexity index is 347. The van der Waals surface area contributed by atoms with E-state index in [2.05, 4.69) is 0 Å². The van der Waals surface area contributed by atoms with E-state index in [1.165, 1.54) is 0 Å². The van der Waals surface area contributed by atoms with Crippen LogP contribution < -0.4 is 0 Å². The Labute approximate surface area is 108 Å². The van der Waals surface area contributed by atoms with Gasteiger partial charge >= 0.3 is 6.09 Å². The number of epoxide rings is 1. The highest BCUT2D eigenvalue weighted by Crippen LogP contribution is 2.37. The fourth-order valence-electron chi connectivity index (χ4n) is 2.35. The summed E-state index contributed by atoms with van der Waals surface area (Å²) in [5, 5.41) is 0. The summed E-state index contributed by atoms with van der Waals surface area (Å²) < 4.78 is 16.6. The van der Waals surface area contributed by atoms with Crippen LogP contribution in [0.25, 0.3) is 0 Å². The second kappa shape index (κ2) is 4.10. The molecule has 0 radical (unpaired) electrons. The number of carbonyl (C=O) groups is 1. The zero-order valence-electron chi connectivity index (χ0n) is 12.0. The first kappa shape index (κ1) is 13.6. The molecule has 2 fully saturated rings. The highest BCUT2D eigenvalue weighted by atomic mass is 16.6. The predicted octanol–water partition coefficient (Wildman–Crippen LogP) is 2.15. The summed E-state index contributed by atoms with van der Waals surface area (Å²) in [6.45, 7) is 11.8. The van der Waals surface area contributed by atoms with Gasteiger partial charge < -0.3 is 14.2 Å². The van der Waals surface area contributed by atoms with Crippen molar-refractivity contribution >= 4 is 6.09 Å². The highest BCUT2D eigenvalue weighted by Gasteiger charge is 2.55. The van der Waals surface area contributed by atoms with Crippen molar-refractivity contribution in [3.05, 3.63) is 0 Å². The molecule has 104 valence electrons. The van der Waals surface area contributed by atoms with Gasteiger partial charge in [0.15, 0.2) is 0 Å². The minimum Gasteiger partial charge on any atom is -0.444 e. The van der Waals surface area contributed by atoms with Gasteiger partial charge in [-0.05, 0) is 41.5 Å². The van der Waals surface area contributed by atoms with Gasteiger partial charge in [0.1, 0.15) is 17.4 Å². The molecule has 0 aliphatic carbocycles. The van der Waals surface area contributed by atoms with Gasteiger partial charge in [-0.2, -0.15) is 0 Å². The Hall–Kier alpha value is -0.810. The molecule has 2 rings (SSSR count). The first-order valence-electron chi connectivity index (χ1n) is 6.43. The molecule has 2 aliphatic heterocycles. The van der Waals surface area contributed by atoms with Crippen LogP contribution in [0.15, 0.2) is 0 Å². The molecule has 3 atom stereocenters. The number of amides is 1. The molecule has 0 aromatic carbocycles. The van der Waals surface area contributed by atoms with Crippen LogP contribution in [0.5, 0.6) is 0 Å². The number of hydrogen-bond acceptors (Lipinski definition) is 4. The van der Waals surface area contributed by atoms with Crippen LogP contribution in [0.3, 0.4) is 0 Å². The molecule has 0 spiro atoms. The van der Waals surface area contributed by atoms with Crippen molar-refractivity contribution in [2.75, 3.05) is 6.61 Å². The third-order valence-electron chi connectivity index (χ3n) is 3.25. The van der Waals surface area contributed by atoms with E-state index in [-0.39, 0.29) is 24.3 Å². The quantitative estimate of drug-likeness (QED) is 0.675. The first-order valence-corrected chi connectivity index (χ1v) is 6.43. The molecule has 2 aliphatic rings. The summed E-state index contributed by atoms with van der Waals surface area (Å²) in [4.78, 5) is 14.0. The first-order chi connectivity index (χ1) is 8.12. The monoisotopic (exact) mass is 257 g/mol. The van der Waals surface area contributed by atoms with Crippen molar-refractivity contribution < 1.29 is 19.0 Å². The van der Waals surface area contributed by atoms with Gasteiger partial charge in [0.05, 0.1) is 18.8 Å². The van der Waals surface area contributed by atoms with Crippen molar-refractivity contribution in [3.8, 4) is 0 Å². The summed E-state index contributed by atoms with van der Waals surface area (Å²) in [6, 6.07) is -0.0511. The van der Waals surface area contributed by atoms with Crippen LogP contribution in [0.2, 0.25) is 0 Å². The van der Waals surface area contributed by atoms with Crippen LogP contribution in [-0.4, -0.2) is 47.2 Å². The summed E-state index contributed by atoms with van der Waals surface area (Å²) in [5.41, 5.74) is -1.14. The van der Waals surface area contributed by atoms with Gasteiger partial charge in [-0.15, -0.1) is 0 Å². The zero-order valence-corrected chi connectivity index (χ0v) is 12.0. The van der Waals surface area contributed by atoms with Gasteiger partial charge in [0.2, 0.25) is 0 Å². The number of hydrogen-bond donors (Lipinski definition) is 0. The van der Waals surface area contributed by atoms with Gasteiger partial charge in [0.25, 0.3) is 0 Å². The number of nitrogens with zero attached hydrogens (tertiary/aromatic N) is 1. The molecule has 2 saturated heterocycles. The van der Waals surface area contributed by atoms with Gasteiger partial charge in [0, 0.05) is 0 Å². The second-order valence-electron chi connectivity index (χ2n) is 6.48. The van der Waals surface area contributed by atoms with E-state index >= 15 is 0 Å². The lowest BCUT2D eigenvalue weighted by Crippen LogP contribution is -2.51. The number of carbonyl (C=O) groups excluding carboxylic acids is 1. The molecule has 0 unspecified atom stereocenters. The van der Waals surface area contributed by atoms with E-state index in [4.69, 9.17) is 14.2 Å². The topological polar surface area (TPSA) is 51.3 Å². The molecule has 5 nitrogen and oxygen atoms in total. The number of ether oxygens (including phenoxy) is 3. The third-order valence-corrected chi connectivity index (χ3v) is 3.25. The smallest absolute Gasteiger partial charge is 0.412 e. The van der Waals surface area contributed by atoms with Gasteiger partial charge in [-0.3, -0.25) is 4.90 Å². The fraction of sp³-hybridized carbons (Fsp3) is 0.923. The summed E-state index contributed by atoms with van der Waals surface area (Å²) in [6.07, 6.45) is -0.0746. The molecule has 18 heavy (non-hydrogen) atoms. The molecule has 2 heterocycles. The molecular formula is C13H23NO4. The van der Waals surface area contributed by atoms with Crippen molar-refractivity contribution in [3.63, 3.8) is 0 Å². The van der Waals surface area contributed by atoms with E-state index in [9.17, 15) is 4.79 Å². The number of rotatable bonds is 1. The summed E-state index contributed by atoms with van der Waals surface area (Å²) >= 11 is 0. The third kappa shape index (κ3) is 2.62. The molecular weight excluding hydrogens is 234 g/mol. The fourth-order valence-corrected chi connectivity index (χ4v) is 2.35. The van der Waals surface area contributed by atoms with Crippen LogP contribution in [-0.2, 0) is 14.2 Å². The summed E-state index contributed by atoms with van der Waals surface area (Å²) in [5.74, 6) is 0. The second-order valence-corrected chi connectivity index (χ2v) is 6.48. The molecule has 1 amide bonds. The highest BCUT2D eigenvalue weighted by molar-refractivity contribution is 5.70. The SMILES string of the molecule is C[C@@H]1O[C@@H]1[C@@H]1COC(C)(C)N1C(=O)OC(C)(C)C. The van der Waals surface area contributed by atoms with E-state index < -0.39 is 11.3 Å². The zero-order chi connectivity index (χ0) is 13.7. The summed E-state index contributed by atoms with van der Waals surface area (Å²) in [7, 11) is 0. The molecule has 0 aromatic rings. The van der Waals surface area contributed by atoms with Crippen LogP contribution in [0.1, 0.15) is 41.5 Å². The Morgan fingerprint density at radius 3 is 2.39 bits per heavy atom. The largest absolute Gasteiger partial charge is 0.444 e. The van der Waals surface area contributed by atoms with E-state index in [1.54, 1.807) is 4.90 Å². The van der Waals surface area contributed by atoms with Crippen molar-refractivity contribution in [2.24, 2.45) is 0 Å². The van der Waals surface area contributed by atoms with E-state index in [0.717, 1.165) is 0 Å². The lowest BCUT2D eigenvalue weighted by molar-refractivity contribution is -0.0632. The van der Waals surface area contributed by atoms with E-state index in [0.29, 0.717) is 6.61 Å². The maximum absolute atomic E-state index is 12.3. The Kier molecular flexibility index (Phi) is 3.10. The van der Waals surface area contributed by atoms with Crippen LogP contribution in [0.4, 0.5) is 4.79 Å². The molecule has 0 N–H and O–H groups in total. The lowest BCUT2D eigenvalue weighted by Gasteiger charge is -2.34. The lowest BCUT2D eigenvalue weighted by atomic mass is 10.1. The Balaban J connectivity index is 2.12. The van der Waals surface area contributed by atoms with Crippen molar-refractivity contribution in [1.29, 1.82) is 0 Å². The van der Waals surface area contributed by atoms with Gasteiger partial charge in [-0.1, -0.05) is 0 Å². The minimum absolute atomic E-state index is 0.0511. The molecule has 0 bridgehead atoms. The van der Waals surface area contributed by atoms with E-state index in [1.807, 2.05) is 41.5 Å². The maximum atomic E-state index is 12.3. The molecule has 0 saturated carbocycles. The average molecular weight is 257 g/mol. The normalized spacial score (nSPS) is 34.6. The Morgan fingerprint density at radius 1 is 1.39 bits per heavy atom. The Morgan fingerprint density at radius 2 is 1.94 bits per heavy atom. The van der Waals surface area contributed by atoms with Gasteiger partial charge in [-0.25, -0.2) is 4.79 Å². The molecule has 5 heteroatoms. The predicted molar refractivity (Wildman–Crippen MR) is 66.2 cm³/mol. The maximum Gasteiger partial charge on any atom is 0.412 e. The minimum atomic E-state index is -0.640. The van der Waals surface area contributed by atoms with Crippen LogP contribution in [0, 0.1) is 0 Å². The van der Waals surface area contributed by atoms with Crippen molar-refractivity contribution in [1.82, 2.24) is 4.90 Å². The molecule has 0 aromatic heterocycles. The van der Waals surface area contributed by atoms with Crippen molar-refractivity contribution in [2.45, 2.75) is 71.1 Å². The van der Waals surface area contributed by atoms with Crippen LogP contribution >= 0.6 is 0 Å². The average Bonchev–Trinajstić information content (AvgIpc) is 2.76.